The van der Waals surface area contributed by atoms with Crippen molar-refractivity contribution in [3.05, 3.63) is 40.7 Å². The van der Waals surface area contributed by atoms with Gasteiger partial charge in [0.05, 0.1) is 27.3 Å². The Kier molecular flexibility index (Phi) is 3.64. The number of halogens is 1. The Morgan fingerprint density at radius 3 is 2.74 bits per heavy atom. The van der Waals surface area contributed by atoms with Gasteiger partial charge in [-0.25, -0.2) is 0 Å². The van der Waals surface area contributed by atoms with Crippen molar-refractivity contribution in [1.82, 2.24) is 20.0 Å². The summed E-state index contributed by atoms with van der Waals surface area (Å²) in [7, 11) is 0. The zero-order valence-electron chi connectivity index (χ0n) is 13.4. The molecule has 2 N–H and O–H groups in total. The van der Waals surface area contributed by atoms with Gasteiger partial charge in [-0.05, 0) is 39.8 Å². The van der Waals surface area contributed by atoms with Crippen molar-refractivity contribution in [3.63, 3.8) is 0 Å². The smallest absolute Gasteiger partial charge is 0.260 e. The minimum Gasteiger partial charge on any atom is -0.304 e. The van der Waals surface area contributed by atoms with Crippen LogP contribution in [0.5, 0.6) is 0 Å². The predicted molar refractivity (Wildman–Crippen MR) is 91.0 cm³/mol. The monoisotopic (exact) mass is 331 g/mol. The Morgan fingerprint density at radius 2 is 2.09 bits per heavy atom. The van der Waals surface area contributed by atoms with E-state index < -0.39 is 0 Å². The van der Waals surface area contributed by atoms with Crippen molar-refractivity contribution in [2.24, 2.45) is 0 Å². The van der Waals surface area contributed by atoms with Crippen LogP contribution in [0.1, 0.15) is 36.8 Å². The number of rotatable bonds is 2. The van der Waals surface area contributed by atoms with Crippen molar-refractivity contribution >= 4 is 34.2 Å². The van der Waals surface area contributed by atoms with E-state index in [0.29, 0.717) is 27.6 Å². The third kappa shape index (κ3) is 2.82. The van der Waals surface area contributed by atoms with Gasteiger partial charge in [0.2, 0.25) is 0 Å². The minimum absolute atomic E-state index is 0.185. The predicted octanol–water partition coefficient (Wildman–Crippen LogP) is 3.73. The number of anilines is 1. The van der Waals surface area contributed by atoms with Crippen molar-refractivity contribution in [2.45, 2.75) is 33.2 Å². The molecule has 0 saturated carbocycles. The van der Waals surface area contributed by atoms with Gasteiger partial charge >= 0.3 is 0 Å². The van der Waals surface area contributed by atoms with Gasteiger partial charge < -0.3 is 5.32 Å². The average Bonchev–Trinajstić information content (AvgIpc) is 3.04. The van der Waals surface area contributed by atoms with Crippen molar-refractivity contribution in [2.75, 3.05) is 5.32 Å². The lowest BCUT2D eigenvalue weighted by molar-refractivity contribution is 0.102. The van der Waals surface area contributed by atoms with E-state index in [1.165, 1.54) is 0 Å². The molecular weight excluding hydrogens is 314 g/mol. The summed E-state index contributed by atoms with van der Waals surface area (Å²) >= 11 is 6.11. The highest BCUT2D eigenvalue weighted by molar-refractivity contribution is 6.35. The zero-order valence-corrected chi connectivity index (χ0v) is 14.2. The molecule has 23 heavy (non-hydrogen) atoms. The zero-order chi connectivity index (χ0) is 16.8. The van der Waals surface area contributed by atoms with E-state index in [4.69, 9.17) is 11.6 Å². The van der Waals surface area contributed by atoms with Crippen LogP contribution in [-0.4, -0.2) is 25.9 Å². The lowest BCUT2D eigenvalue weighted by atomic mass is 10.1. The molecular formula is C16H18ClN5O. The van der Waals surface area contributed by atoms with Gasteiger partial charge in [-0.15, -0.1) is 0 Å². The van der Waals surface area contributed by atoms with Crippen LogP contribution in [0.4, 0.5) is 5.82 Å². The van der Waals surface area contributed by atoms with E-state index in [0.717, 1.165) is 5.39 Å². The number of para-hydroxylation sites is 1. The standard InChI is InChI=1S/C16H18ClN5O/c1-9-11(8-22(21-9)16(2,3)4)15(23)18-14-10-6-5-7-12(17)13(10)19-20-14/h5-8H,1-4H3,(H2,18,19,20,23). The van der Waals surface area contributed by atoms with Crippen molar-refractivity contribution in [1.29, 1.82) is 0 Å². The first kappa shape index (κ1) is 15.6. The molecule has 0 atom stereocenters. The maximum absolute atomic E-state index is 12.6. The number of carbonyl (C=O) groups excluding carboxylic acids is 1. The van der Waals surface area contributed by atoms with Gasteiger partial charge in [-0.2, -0.15) is 10.2 Å². The second-order valence-corrected chi connectivity index (χ2v) is 6.84. The van der Waals surface area contributed by atoms with Crippen LogP contribution in [0.3, 0.4) is 0 Å². The highest BCUT2D eigenvalue weighted by Gasteiger charge is 2.21. The van der Waals surface area contributed by atoms with E-state index in [-0.39, 0.29) is 11.4 Å². The van der Waals surface area contributed by atoms with Gasteiger partial charge in [0.25, 0.3) is 5.91 Å². The molecule has 0 aliphatic carbocycles. The fraction of sp³-hybridized carbons (Fsp3) is 0.312. The van der Waals surface area contributed by atoms with E-state index >= 15 is 0 Å². The number of aromatic nitrogens is 4. The van der Waals surface area contributed by atoms with Crippen LogP contribution >= 0.6 is 11.6 Å². The first-order valence-electron chi connectivity index (χ1n) is 7.28. The molecule has 0 aliphatic rings. The van der Waals surface area contributed by atoms with E-state index in [1.807, 2.05) is 39.8 Å². The molecule has 3 rings (SSSR count). The van der Waals surface area contributed by atoms with Crippen LogP contribution in [0, 0.1) is 6.92 Å². The SMILES string of the molecule is Cc1nn(C(C)(C)C)cc1C(=O)Nc1n[nH]c2c(Cl)cccc12. The molecule has 0 bridgehead atoms. The summed E-state index contributed by atoms with van der Waals surface area (Å²) in [5.41, 5.74) is 1.72. The maximum atomic E-state index is 12.6. The second-order valence-electron chi connectivity index (χ2n) is 6.43. The van der Waals surface area contributed by atoms with Crippen molar-refractivity contribution in [3.8, 4) is 0 Å². The molecule has 1 aromatic carbocycles. The Balaban J connectivity index is 1.92. The summed E-state index contributed by atoms with van der Waals surface area (Å²) in [5, 5.41) is 15.5. The first-order chi connectivity index (χ1) is 10.8. The molecule has 0 spiro atoms. The van der Waals surface area contributed by atoms with Crippen LogP contribution in [0.25, 0.3) is 10.9 Å². The number of aryl methyl sites for hydroxylation is 1. The molecule has 2 heterocycles. The quantitative estimate of drug-likeness (QED) is 0.751. The number of nitrogens with zero attached hydrogens (tertiary/aromatic N) is 3. The van der Waals surface area contributed by atoms with Crippen molar-refractivity contribution < 1.29 is 4.79 Å². The van der Waals surface area contributed by atoms with E-state index in [9.17, 15) is 4.79 Å². The van der Waals surface area contributed by atoms with Crippen LogP contribution in [-0.2, 0) is 5.54 Å². The summed E-state index contributed by atoms with van der Waals surface area (Å²) < 4.78 is 1.79. The number of hydrogen-bond acceptors (Lipinski definition) is 3. The fourth-order valence-corrected chi connectivity index (χ4v) is 2.52. The third-order valence-electron chi connectivity index (χ3n) is 3.61. The first-order valence-corrected chi connectivity index (χ1v) is 7.66. The summed E-state index contributed by atoms with van der Waals surface area (Å²) in [6.07, 6.45) is 1.76. The fourth-order valence-electron chi connectivity index (χ4n) is 2.30. The number of fused-ring (bicyclic) bond motifs is 1. The summed E-state index contributed by atoms with van der Waals surface area (Å²) in [6.45, 7) is 7.91. The number of carbonyl (C=O) groups is 1. The molecule has 0 unspecified atom stereocenters. The number of hydrogen-bond donors (Lipinski definition) is 2. The average molecular weight is 332 g/mol. The van der Waals surface area contributed by atoms with Gasteiger partial charge in [0.1, 0.15) is 0 Å². The number of aromatic amines is 1. The number of amides is 1. The van der Waals surface area contributed by atoms with Crippen LogP contribution in [0.2, 0.25) is 5.02 Å². The summed E-state index contributed by atoms with van der Waals surface area (Å²) in [4.78, 5) is 12.6. The number of benzene rings is 1. The second kappa shape index (κ2) is 5.38. The number of nitrogens with one attached hydrogen (secondary N) is 2. The lowest BCUT2D eigenvalue weighted by Gasteiger charge is -2.18. The molecule has 7 heteroatoms. The third-order valence-corrected chi connectivity index (χ3v) is 3.93. The van der Waals surface area contributed by atoms with Gasteiger partial charge in [-0.1, -0.05) is 17.7 Å². The van der Waals surface area contributed by atoms with Crippen LogP contribution < -0.4 is 5.32 Å². The normalized spacial score (nSPS) is 11.9. The lowest BCUT2D eigenvalue weighted by Crippen LogP contribution is -2.22. The Bertz CT molecular complexity index is 888. The minimum atomic E-state index is -0.244. The highest BCUT2D eigenvalue weighted by atomic mass is 35.5. The number of H-pyrrole nitrogens is 1. The molecule has 0 fully saturated rings. The van der Waals surface area contributed by atoms with E-state index in [2.05, 4.69) is 20.6 Å². The van der Waals surface area contributed by atoms with Gasteiger partial charge in [0.15, 0.2) is 5.82 Å². The molecule has 0 radical (unpaired) electrons. The summed E-state index contributed by atoms with van der Waals surface area (Å²) in [6, 6.07) is 5.44. The Labute approximate surface area is 138 Å². The van der Waals surface area contributed by atoms with E-state index in [1.54, 1.807) is 16.9 Å². The summed E-state index contributed by atoms with van der Waals surface area (Å²) in [5.74, 6) is 0.210. The molecule has 6 nitrogen and oxygen atoms in total. The Hall–Kier alpha value is -2.34. The molecule has 0 saturated heterocycles. The van der Waals surface area contributed by atoms with Crippen LogP contribution in [0.15, 0.2) is 24.4 Å². The Morgan fingerprint density at radius 1 is 1.35 bits per heavy atom. The highest BCUT2D eigenvalue weighted by Crippen LogP contribution is 2.27. The molecule has 2 aromatic heterocycles. The van der Waals surface area contributed by atoms with Gasteiger partial charge in [-0.3, -0.25) is 14.6 Å². The maximum Gasteiger partial charge on any atom is 0.260 e. The topological polar surface area (TPSA) is 75.6 Å². The largest absolute Gasteiger partial charge is 0.304 e. The molecule has 1 amide bonds. The molecule has 0 aliphatic heterocycles. The van der Waals surface area contributed by atoms with Gasteiger partial charge in [0, 0.05) is 11.6 Å². The molecule has 3 aromatic rings. The molecule has 120 valence electrons.